The maximum atomic E-state index is 12.3. The van der Waals surface area contributed by atoms with Crippen LogP contribution in [0.3, 0.4) is 0 Å². The Morgan fingerprint density at radius 2 is 1.90 bits per heavy atom. The van der Waals surface area contributed by atoms with Crippen LogP contribution in [0.5, 0.6) is 0 Å². The Morgan fingerprint density at radius 3 is 2.38 bits per heavy atom. The zero-order chi connectivity index (χ0) is 16.3. The highest BCUT2D eigenvalue weighted by Gasteiger charge is 2.47. The summed E-state index contributed by atoms with van der Waals surface area (Å²) < 4.78 is 10.2. The van der Waals surface area contributed by atoms with Crippen molar-refractivity contribution in [2.45, 2.75) is 65.0 Å². The van der Waals surface area contributed by atoms with Gasteiger partial charge in [0, 0.05) is 0 Å². The van der Waals surface area contributed by atoms with Gasteiger partial charge in [0.1, 0.15) is 11.1 Å². The third-order valence-corrected chi connectivity index (χ3v) is 4.09. The first-order valence-electron chi connectivity index (χ1n) is 7.34. The molecule has 0 aromatic rings. The molecule has 122 valence electrons. The summed E-state index contributed by atoms with van der Waals surface area (Å²) >= 11 is 5.50. The molecule has 0 radical (unpaired) electrons. The molecule has 0 aromatic heterocycles. The number of carbonyl (C=O) groups is 2. The minimum Gasteiger partial charge on any atom is -0.448 e. The van der Waals surface area contributed by atoms with Gasteiger partial charge in [0.25, 0.3) is 0 Å². The van der Waals surface area contributed by atoms with Gasteiger partial charge in [-0.1, -0.05) is 25.4 Å². The molecule has 3 atom stereocenters. The molecule has 0 heterocycles. The van der Waals surface area contributed by atoms with E-state index in [0.717, 1.165) is 6.42 Å². The Balaban J connectivity index is 2.88. The number of alkyl halides is 1. The number of halogens is 1. The Bertz CT molecular complexity index is 394. The van der Waals surface area contributed by atoms with Crippen molar-refractivity contribution in [1.29, 1.82) is 0 Å². The molecule has 1 amide bonds. The van der Waals surface area contributed by atoms with Crippen LogP contribution >= 0.6 is 11.6 Å². The van der Waals surface area contributed by atoms with Crippen LogP contribution in [0.15, 0.2) is 0 Å². The first-order chi connectivity index (χ1) is 9.59. The van der Waals surface area contributed by atoms with Gasteiger partial charge in [-0.2, -0.15) is 0 Å². The number of amides is 1. The fourth-order valence-corrected chi connectivity index (χ4v) is 2.75. The van der Waals surface area contributed by atoms with Crippen molar-refractivity contribution in [3.63, 3.8) is 0 Å². The lowest BCUT2D eigenvalue weighted by atomic mass is 9.71. The summed E-state index contributed by atoms with van der Waals surface area (Å²) in [6.07, 6.45) is 1.31. The topological polar surface area (TPSA) is 64.6 Å². The largest absolute Gasteiger partial charge is 0.448 e. The molecule has 5 nitrogen and oxygen atoms in total. The van der Waals surface area contributed by atoms with Gasteiger partial charge >= 0.3 is 12.1 Å². The first kappa shape index (κ1) is 18.1. The zero-order valence-corrected chi connectivity index (χ0v) is 14.3. The van der Waals surface area contributed by atoms with Gasteiger partial charge < -0.3 is 14.8 Å². The van der Waals surface area contributed by atoms with Crippen LogP contribution in [0, 0.1) is 11.8 Å². The molecule has 3 unspecified atom stereocenters. The molecule has 0 aromatic carbocycles. The molecule has 1 fully saturated rings. The summed E-state index contributed by atoms with van der Waals surface area (Å²) in [7, 11) is 0. The number of alkyl carbamates (subject to hydrolysis) is 1. The number of esters is 1. The second-order valence-corrected chi connectivity index (χ2v) is 7.17. The van der Waals surface area contributed by atoms with Crippen LogP contribution in [0.25, 0.3) is 0 Å². The van der Waals surface area contributed by atoms with Gasteiger partial charge in [0.15, 0.2) is 6.07 Å². The zero-order valence-electron chi connectivity index (χ0n) is 13.5. The molecule has 1 aliphatic carbocycles. The minimum absolute atomic E-state index is 0.222. The van der Waals surface area contributed by atoms with E-state index in [0.29, 0.717) is 24.7 Å². The molecule has 1 aliphatic rings. The van der Waals surface area contributed by atoms with E-state index >= 15 is 0 Å². The SMILES string of the molecule is CC1CCC(NC(=O)OC(C)(C)C)(C(=O)OCCl)CC1C. The number of rotatable bonds is 3. The predicted molar refractivity (Wildman–Crippen MR) is 81.1 cm³/mol. The van der Waals surface area contributed by atoms with E-state index < -0.39 is 23.2 Å². The summed E-state index contributed by atoms with van der Waals surface area (Å²) in [5.41, 5.74) is -1.65. The third kappa shape index (κ3) is 5.06. The fraction of sp³-hybridized carbons (Fsp3) is 0.867. The molecule has 1 N–H and O–H groups in total. The van der Waals surface area contributed by atoms with Gasteiger partial charge in [-0.15, -0.1) is 0 Å². The molecule has 21 heavy (non-hydrogen) atoms. The van der Waals surface area contributed by atoms with Gasteiger partial charge in [-0.05, 0) is 51.9 Å². The molecule has 0 bridgehead atoms. The number of hydrogen-bond donors (Lipinski definition) is 1. The van der Waals surface area contributed by atoms with Crippen molar-refractivity contribution in [2.75, 3.05) is 6.07 Å². The Labute approximate surface area is 131 Å². The highest BCUT2D eigenvalue weighted by Crippen LogP contribution is 2.37. The second kappa shape index (κ2) is 6.86. The number of hydrogen-bond acceptors (Lipinski definition) is 4. The van der Waals surface area contributed by atoms with Crippen LogP contribution < -0.4 is 5.32 Å². The molecular formula is C15H26ClNO4. The molecule has 6 heteroatoms. The minimum atomic E-state index is -1.04. The van der Waals surface area contributed by atoms with E-state index in [2.05, 4.69) is 19.2 Å². The van der Waals surface area contributed by atoms with E-state index in [1.807, 2.05) is 0 Å². The lowest BCUT2D eigenvalue weighted by Gasteiger charge is -2.41. The summed E-state index contributed by atoms with van der Waals surface area (Å²) in [6.45, 7) is 9.56. The highest BCUT2D eigenvalue weighted by atomic mass is 35.5. The normalized spacial score (nSPS) is 29.6. The maximum Gasteiger partial charge on any atom is 0.408 e. The average Bonchev–Trinajstić information content (AvgIpc) is 2.32. The van der Waals surface area contributed by atoms with E-state index in [1.165, 1.54) is 0 Å². The standard InChI is InChI=1S/C15H26ClNO4/c1-10-6-7-15(8-11(10)2,12(18)20-9-16)17-13(19)21-14(3,4)5/h10-11H,6-9H2,1-5H3,(H,17,19). The Hall–Kier alpha value is -0.970. The monoisotopic (exact) mass is 319 g/mol. The van der Waals surface area contributed by atoms with Crippen LogP contribution in [0.4, 0.5) is 4.79 Å². The van der Waals surface area contributed by atoms with Crippen LogP contribution in [0.1, 0.15) is 53.9 Å². The van der Waals surface area contributed by atoms with Gasteiger partial charge in [-0.3, -0.25) is 0 Å². The van der Waals surface area contributed by atoms with E-state index in [9.17, 15) is 9.59 Å². The summed E-state index contributed by atoms with van der Waals surface area (Å²) in [5, 5.41) is 2.73. The van der Waals surface area contributed by atoms with E-state index in [1.54, 1.807) is 20.8 Å². The van der Waals surface area contributed by atoms with Crippen LogP contribution in [0.2, 0.25) is 0 Å². The van der Waals surface area contributed by atoms with Gasteiger partial charge in [0.05, 0.1) is 0 Å². The fourth-order valence-electron chi connectivity index (χ4n) is 2.65. The number of carbonyl (C=O) groups excluding carboxylic acids is 2. The van der Waals surface area contributed by atoms with Crippen molar-refractivity contribution in [3.8, 4) is 0 Å². The van der Waals surface area contributed by atoms with E-state index in [4.69, 9.17) is 21.1 Å². The van der Waals surface area contributed by atoms with Crippen molar-refractivity contribution >= 4 is 23.7 Å². The van der Waals surface area contributed by atoms with Crippen molar-refractivity contribution in [3.05, 3.63) is 0 Å². The van der Waals surface area contributed by atoms with Crippen molar-refractivity contribution in [1.82, 2.24) is 5.32 Å². The smallest absolute Gasteiger partial charge is 0.408 e. The third-order valence-electron chi connectivity index (χ3n) is 3.98. The molecule has 0 spiro atoms. The second-order valence-electron chi connectivity index (χ2n) is 6.95. The molecule has 1 saturated carbocycles. The average molecular weight is 320 g/mol. The summed E-state index contributed by atoms with van der Waals surface area (Å²) in [5.74, 6) is 0.320. The quantitative estimate of drug-likeness (QED) is 0.639. The Kier molecular flexibility index (Phi) is 5.91. The summed E-state index contributed by atoms with van der Waals surface area (Å²) in [6, 6.07) is -0.222. The maximum absolute atomic E-state index is 12.3. The Morgan fingerprint density at radius 1 is 1.29 bits per heavy atom. The van der Waals surface area contributed by atoms with Crippen molar-refractivity contribution < 1.29 is 19.1 Å². The highest BCUT2D eigenvalue weighted by molar-refractivity contribution is 6.17. The first-order valence-corrected chi connectivity index (χ1v) is 7.87. The van der Waals surface area contributed by atoms with Crippen LogP contribution in [-0.4, -0.2) is 29.3 Å². The number of ether oxygens (including phenoxy) is 2. The van der Waals surface area contributed by atoms with Crippen LogP contribution in [-0.2, 0) is 14.3 Å². The number of nitrogens with one attached hydrogen (secondary N) is 1. The van der Waals surface area contributed by atoms with Gasteiger partial charge in [-0.25, -0.2) is 9.59 Å². The summed E-state index contributed by atoms with van der Waals surface area (Å²) in [4.78, 5) is 24.4. The van der Waals surface area contributed by atoms with E-state index in [-0.39, 0.29) is 6.07 Å². The lowest BCUT2D eigenvalue weighted by Crippen LogP contribution is -2.59. The predicted octanol–water partition coefficient (Wildman–Crippen LogP) is 3.45. The van der Waals surface area contributed by atoms with Crippen molar-refractivity contribution in [2.24, 2.45) is 11.8 Å². The molecule has 0 aliphatic heterocycles. The molecular weight excluding hydrogens is 294 g/mol. The molecule has 1 rings (SSSR count). The van der Waals surface area contributed by atoms with Gasteiger partial charge in [0.2, 0.25) is 0 Å². The molecule has 0 saturated heterocycles. The lowest BCUT2D eigenvalue weighted by molar-refractivity contribution is -0.152.